The summed E-state index contributed by atoms with van der Waals surface area (Å²) in [5, 5.41) is 12.8. The summed E-state index contributed by atoms with van der Waals surface area (Å²) >= 11 is 1.63. The highest BCUT2D eigenvalue weighted by Gasteiger charge is 2.35. The number of aromatic amines is 1. The van der Waals surface area contributed by atoms with Gasteiger partial charge >= 0.3 is 6.18 Å². The average molecular weight is 458 g/mol. The van der Waals surface area contributed by atoms with Crippen molar-refractivity contribution in [3.05, 3.63) is 33.9 Å². The van der Waals surface area contributed by atoms with Crippen molar-refractivity contribution in [2.75, 3.05) is 5.32 Å². The zero-order valence-electron chi connectivity index (χ0n) is 16.6. The molecule has 1 heterocycles. The molecule has 31 heavy (non-hydrogen) atoms. The summed E-state index contributed by atoms with van der Waals surface area (Å²) in [5.74, 6) is 0.808. The molecule has 0 aliphatic heterocycles. The van der Waals surface area contributed by atoms with Crippen molar-refractivity contribution in [3.8, 4) is 0 Å². The van der Waals surface area contributed by atoms with Gasteiger partial charge in [0.25, 0.3) is 5.56 Å². The van der Waals surface area contributed by atoms with Crippen LogP contribution < -0.4 is 10.9 Å². The number of thioether (sulfide) groups is 1. The molecule has 0 unspecified atom stereocenters. The molecular formula is C22H30F3N3O2S. The topological polar surface area (TPSA) is 78.0 Å². The van der Waals surface area contributed by atoms with Gasteiger partial charge in [0, 0.05) is 17.0 Å². The number of hydrogen-bond donors (Lipinski definition) is 3. The van der Waals surface area contributed by atoms with Crippen LogP contribution in [0.15, 0.2) is 16.9 Å². The molecule has 2 saturated carbocycles. The lowest BCUT2D eigenvalue weighted by atomic mass is 9.97. The summed E-state index contributed by atoms with van der Waals surface area (Å²) < 4.78 is 41.0. The van der Waals surface area contributed by atoms with Gasteiger partial charge in [-0.3, -0.25) is 4.79 Å². The number of rotatable bonds is 5. The molecule has 3 N–H and O–H groups in total. The van der Waals surface area contributed by atoms with E-state index in [0.29, 0.717) is 22.5 Å². The average Bonchev–Trinajstić information content (AvgIpc) is 3.19. The van der Waals surface area contributed by atoms with Gasteiger partial charge in [-0.05, 0) is 50.7 Å². The number of hydrogen-bond acceptors (Lipinski definition) is 5. The van der Waals surface area contributed by atoms with E-state index < -0.39 is 22.7 Å². The summed E-state index contributed by atoms with van der Waals surface area (Å²) in [7, 11) is 0. The molecule has 0 radical (unpaired) electrons. The molecule has 2 aliphatic rings. The van der Waals surface area contributed by atoms with Gasteiger partial charge in [0.05, 0.1) is 28.3 Å². The number of fused-ring (bicyclic) bond motifs is 1. The van der Waals surface area contributed by atoms with E-state index >= 15 is 0 Å². The van der Waals surface area contributed by atoms with Crippen LogP contribution >= 0.6 is 11.8 Å². The molecule has 172 valence electrons. The minimum Gasteiger partial charge on any atom is -0.393 e. The zero-order valence-corrected chi connectivity index (χ0v) is 17.4. The Morgan fingerprint density at radius 1 is 1.13 bits per heavy atom. The molecule has 1 aromatic carbocycles. The first-order valence-electron chi connectivity index (χ1n) is 10.5. The Kier molecular flexibility index (Phi) is 7.57. The minimum atomic E-state index is -4.64. The van der Waals surface area contributed by atoms with E-state index in [1.54, 1.807) is 17.8 Å². The van der Waals surface area contributed by atoms with Gasteiger partial charge in [-0.15, -0.1) is 0 Å². The van der Waals surface area contributed by atoms with Gasteiger partial charge in [-0.2, -0.15) is 24.9 Å². The highest BCUT2D eigenvalue weighted by molar-refractivity contribution is 7.99. The maximum Gasteiger partial charge on any atom is 0.417 e. The van der Waals surface area contributed by atoms with Crippen LogP contribution in [0.25, 0.3) is 10.9 Å². The standard InChI is InChI=1S/C21H26F3N3O2S.CH4/c22-21(23,24)16-9-13(25-12-3-1-2-4-12)10-17-19(16)20(29)27-18(26-17)11-30-15-7-5-14(28)6-8-15;/h9-10,12,14-15,25,28H,1-8,11H2,(H,26,27,29);1H4. The van der Waals surface area contributed by atoms with E-state index in [9.17, 15) is 23.1 Å². The van der Waals surface area contributed by atoms with Crippen molar-refractivity contribution in [2.24, 2.45) is 0 Å². The smallest absolute Gasteiger partial charge is 0.393 e. The molecule has 0 bridgehead atoms. The number of aromatic nitrogens is 2. The van der Waals surface area contributed by atoms with Crippen molar-refractivity contribution in [2.45, 2.75) is 88.1 Å². The first-order chi connectivity index (χ1) is 14.3. The number of halogens is 3. The van der Waals surface area contributed by atoms with E-state index in [-0.39, 0.29) is 25.1 Å². The van der Waals surface area contributed by atoms with Crippen LogP contribution in [0.1, 0.15) is 70.2 Å². The van der Waals surface area contributed by atoms with E-state index in [0.717, 1.165) is 57.4 Å². The summed E-state index contributed by atoms with van der Waals surface area (Å²) in [5.41, 5.74) is -1.27. The third-order valence-electron chi connectivity index (χ3n) is 5.99. The lowest BCUT2D eigenvalue weighted by Crippen LogP contribution is -2.21. The normalized spacial score (nSPS) is 22.5. The molecule has 2 fully saturated rings. The van der Waals surface area contributed by atoms with Crippen LogP contribution in [0.3, 0.4) is 0 Å². The van der Waals surface area contributed by atoms with E-state index in [4.69, 9.17) is 0 Å². The SMILES string of the molecule is C.O=c1[nH]c(CSC2CCC(O)CC2)nc2cc(NC3CCCC3)cc(C(F)(F)F)c12. The number of nitrogens with zero attached hydrogens (tertiary/aromatic N) is 1. The van der Waals surface area contributed by atoms with Gasteiger partial charge in [0.15, 0.2) is 0 Å². The van der Waals surface area contributed by atoms with Crippen LogP contribution in [0, 0.1) is 0 Å². The third kappa shape index (κ3) is 5.74. The number of aliphatic hydroxyl groups excluding tert-OH is 1. The Morgan fingerprint density at radius 2 is 1.81 bits per heavy atom. The summed E-state index contributed by atoms with van der Waals surface area (Å²) in [4.78, 5) is 19.5. The number of anilines is 1. The third-order valence-corrected chi connectivity index (χ3v) is 7.37. The first kappa shape index (κ1) is 23.9. The molecule has 1 aromatic heterocycles. The molecule has 0 spiro atoms. The Balaban J connectivity index is 0.00000272. The van der Waals surface area contributed by atoms with Crippen molar-refractivity contribution >= 4 is 28.4 Å². The number of nitrogens with one attached hydrogen (secondary N) is 2. The minimum absolute atomic E-state index is 0. The Morgan fingerprint density at radius 3 is 2.45 bits per heavy atom. The predicted molar refractivity (Wildman–Crippen MR) is 120 cm³/mol. The fraction of sp³-hybridized carbons (Fsp3) is 0.636. The lowest BCUT2D eigenvalue weighted by molar-refractivity contribution is -0.136. The van der Waals surface area contributed by atoms with E-state index in [1.807, 2.05) is 0 Å². The van der Waals surface area contributed by atoms with Crippen LogP contribution in [0.5, 0.6) is 0 Å². The number of H-pyrrole nitrogens is 1. The largest absolute Gasteiger partial charge is 0.417 e. The van der Waals surface area contributed by atoms with Crippen molar-refractivity contribution in [1.29, 1.82) is 0 Å². The summed E-state index contributed by atoms with van der Waals surface area (Å²) in [6, 6.07) is 2.74. The predicted octanol–water partition coefficient (Wildman–Crippen LogP) is 5.47. The van der Waals surface area contributed by atoms with E-state index in [1.165, 1.54) is 0 Å². The number of aliphatic hydroxyl groups is 1. The van der Waals surface area contributed by atoms with Crippen molar-refractivity contribution in [3.63, 3.8) is 0 Å². The monoisotopic (exact) mass is 457 g/mol. The van der Waals surface area contributed by atoms with Crippen LogP contribution in [0.4, 0.5) is 18.9 Å². The molecule has 9 heteroatoms. The summed E-state index contributed by atoms with van der Waals surface area (Å²) in [6.07, 6.45) is 2.39. The quantitative estimate of drug-likeness (QED) is 0.555. The van der Waals surface area contributed by atoms with Gasteiger partial charge in [-0.1, -0.05) is 20.3 Å². The second kappa shape index (κ2) is 9.81. The first-order valence-corrected chi connectivity index (χ1v) is 11.5. The maximum atomic E-state index is 13.7. The lowest BCUT2D eigenvalue weighted by Gasteiger charge is -2.24. The Labute approximate surface area is 184 Å². The fourth-order valence-corrected chi connectivity index (χ4v) is 5.55. The van der Waals surface area contributed by atoms with Crippen molar-refractivity contribution in [1.82, 2.24) is 9.97 Å². The molecule has 0 saturated heterocycles. The molecular weight excluding hydrogens is 427 g/mol. The molecule has 0 amide bonds. The molecule has 2 aliphatic carbocycles. The van der Waals surface area contributed by atoms with Gasteiger partial charge in [-0.25, -0.2) is 4.98 Å². The summed E-state index contributed by atoms with van der Waals surface area (Å²) in [6.45, 7) is 0. The molecule has 4 rings (SSSR count). The molecule has 5 nitrogen and oxygen atoms in total. The number of alkyl halides is 3. The van der Waals surface area contributed by atoms with Crippen molar-refractivity contribution < 1.29 is 18.3 Å². The highest BCUT2D eigenvalue weighted by atomic mass is 32.2. The van der Waals surface area contributed by atoms with Gasteiger partial charge in [0.1, 0.15) is 5.82 Å². The van der Waals surface area contributed by atoms with Crippen LogP contribution in [0.2, 0.25) is 0 Å². The van der Waals surface area contributed by atoms with Crippen LogP contribution in [-0.4, -0.2) is 32.5 Å². The molecule has 2 aromatic rings. The van der Waals surface area contributed by atoms with Gasteiger partial charge in [0.2, 0.25) is 0 Å². The second-order valence-corrected chi connectivity index (χ2v) is 9.58. The van der Waals surface area contributed by atoms with E-state index in [2.05, 4.69) is 15.3 Å². The Hall–Kier alpha value is -1.74. The fourth-order valence-electron chi connectivity index (χ4n) is 4.41. The Bertz CT molecular complexity index is 949. The zero-order chi connectivity index (χ0) is 21.3. The molecule has 0 atom stereocenters. The second-order valence-electron chi connectivity index (χ2n) is 8.30. The highest BCUT2D eigenvalue weighted by Crippen LogP contribution is 2.36. The number of benzene rings is 1. The van der Waals surface area contributed by atoms with Gasteiger partial charge < -0.3 is 15.4 Å². The maximum absolute atomic E-state index is 13.7. The van der Waals surface area contributed by atoms with Crippen LogP contribution in [-0.2, 0) is 11.9 Å².